The highest BCUT2D eigenvalue weighted by atomic mass is 35.5. The van der Waals surface area contributed by atoms with E-state index in [-0.39, 0.29) is 5.56 Å². The number of anilines is 2. The smallest absolute Gasteiger partial charge is 0.339 e. The predicted octanol–water partition coefficient (Wildman–Crippen LogP) is 3.31. The van der Waals surface area contributed by atoms with Gasteiger partial charge in [0.2, 0.25) is 0 Å². The zero-order valence-corrected chi connectivity index (χ0v) is 14.7. The summed E-state index contributed by atoms with van der Waals surface area (Å²) in [5.74, 6) is 0.397. The first-order valence-corrected chi connectivity index (χ1v) is 8.74. The number of carbonyl (C=O) groups is 1. The van der Waals surface area contributed by atoms with E-state index in [9.17, 15) is 9.90 Å². The molecule has 4 rings (SSSR count). The van der Waals surface area contributed by atoms with Crippen LogP contribution in [0.15, 0.2) is 48.7 Å². The van der Waals surface area contributed by atoms with E-state index < -0.39 is 5.97 Å². The zero-order chi connectivity index (χ0) is 18.1. The summed E-state index contributed by atoms with van der Waals surface area (Å²) in [6.45, 7) is 2.78. The molecule has 1 aromatic carbocycles. The summed E-state index contributed by atoms with van der Waals surface area (Å²) in [4.78, 5) is 24.9. The number of carboxylic acid groups (broad SMARTS) is 1. The molecule has 0 amide bonds. The summed E-state index contributed by atoms with van der Waals surface area (Å²) < 4.78 is 0. The Morgan fingerprint density at radius 2 is 1.77 bits per heavy atom. The fourth-order valence-electron chi connectivity index (χ4n) is 3.22. The SMILES string of the molecule is O=C(O)c1cc2ccccc2nc1N1CCN(c2cc(Cl)ccn2)CC1. The fraction of sp³-hybridized carbons (Fsp3) is 0.211. The Bertz CT molecular complexity index is 971. The Morgan fingerprint density at radius 1 is 1.04 bits per heavy atom. The molecule has 26 heavy (non-hydrogen) atoms. The molecule has 0 bridgehead atoms. The molecule has 2 aromatic heterocycles. The van der Waals surface area contributed by atoms with E-state index in [1.54, 1.807) is 18.3 Å². The van der Waals surface area contributed by atoms with Gasteiger partial charge in [-0.1, -0.05) is 29.8 Å². The van der Waals surface area contributed by atoms with Crippen molar-refractivity contribution in [2.45, 2.75) is 0 Å². The monoisotopic (exact) mass is 368 g/mol. The lowest BCUT2D eigenvalue weighted by Crippen LogP contribution is -2.47. The van der Waals surface area contributed by atoms with Crippen LogP contribution in [0.25, 0.3) is 10.9 Å². The molecular formula is C19H17ClN4O2. The molecule has 0 radical (unpaired) electrons. The van der Waals surface area contributed by atoms with Gasteiger partial charge in [0.25, 0.3) is 0 Å². The number of hydrogen-bond acceptors (Lipinski definition) is 5. The van der Waals surface area contributed by atoms with E-state index in [4.69, 9.17) is 11.6 Å². The average Bonchev–Trinajstić information content (AvgIpc) is 2.67. The first kappa shape index (κ1) is 16.6. The summed E-state index contributed by atoms with van der Waals surface area (Å²) in [5, 5.41) is 11.1. The number of hydrogen-bond donors (Lipinski definition) is 1. The minimum atomic E-state index is -0.961. The van der Waals surface area contributed by atoms with Crippen LogP contribution in [0.4, 0.5) is 11.6 Å². The van der Waals surface area contributed by atoms with Crippen LogP contribution in [0.5, 0.6) is 0 Å². The average molecular weight is 369 g/mol. The van der Waals surface area contributed by atoms with Crippen molar-refractivity contribution in [2.24, 2.45) is 0 Å². The molecule has 1 fully saturated rings. The number of halogens is 1. The number of pyridine rings is 2. The van der Waals surface area contributed by atoms with Crippen molar-refractivity contribution < 1.29 is 9.90 Å². The second-order valence-electron chi connectivity index (χ2n) is 6.16. The number of aromatic carboxylic acids is 1. The summed E-state index contributed by atoms with van der Waals surface area (Å²) in [7, 11) is 0. The number of rotatable bonds is 3. The second kappa shape index (κ2) is 6.80. The highest BCUT2D eigenvalue weighted by Gasteiger charge is 2.24. The van der Waals surface area contributed by atoms with Gasteiger partial charge in [0.1, 0.15) is 17.2 Å². The Hall–Kier alpha value is -2.86. The third kappa shape index (κ3) is 3.15. The minimum Gasteiger partial charge on any atom is -0.478 e. The molecule has 0 unspecified atom stereocenters. The highest BCUT2D eigenvalue weighted by molar-refractivity contribution is 6.30. The molecule has 3 heterocycles. The first-order valence-electron chi connectivity index (χ1n) is 8.36. The van der Waals surface area contributed by atoms with Gasteiger partial charge in [-0.15, -0.1) is 0 Å². The standard InChI is InChI=1S/C19H17ClN4O2/c20-14-5-6-21-17(12-14)23-7-9-24(10-8-23)18-15(19(25)26)11-13-3-1-2-4-16(13)22-18/h1-6,11-12H,7-10H2,(H,25,26). The molecular weight excluding hydrogens is 352 g/mol. The number of piperazine rings is 1. The molecule has 3 aromatic rings. The van der Waals surface area contributed by atoms with Gasteiger partial charge in [0.05, 0.1) is 5.52 Å². The highest BCUT2D eigenvalue weighted by Crippen LogP contribution is 2.26. The van der Waals surface area contributed by atoms with Crippen LogP contribution in [0, 0.1) is 0 Å². The minimum absolute atomic E-state index is 0.234. The Kier molecular flexibility index (Phi) is 4.34. The molecule has 0 atom stereocenters. The van der Waals surface area contributed by atoms with Crippen molar-refractivity contribution >= 4 is 40.1 Å². The van der Waals surface area contributed by atoms with Gasteiger partial charge in [0, 0.05) is 42.8 Å². The van der Waals surface area contributed by atoms with Crippen LogP contribution in [-0.4, -0.2) is 47.2 Å². The molecule has 1 saturated heterocycles. The van der Waals surface area contributed by atoms with Gasteiger partial charge in [-0.05, 0) is 24.3 Å². The Labute approximate surface area is 155 Å². The third-order valence-corrected chi connectivity index (χ3v) is 4.78. The summed E-state index contributed by atoms with van der Waals surface area (Å²) >= 11 is 6.05. The molecule has 0 aliphatic carbocycles. The van der Waals surface area contributed by atoms with Crippen molar-refractivity contribution in [1.82, 2.24) is 9.97 Å². The van der Waals surface area contributed by atoms with E-state index in [1.165, 1.54) is 0 Å². The van der Waals surface area contributed by atoms with E-state index in [0.29, 0.717) is 23.9 Å². The topological polar surface area (TPSA) is 69.6 Å². The van der Waals surface area contributed by atoms with Crippen molar-refractivity contribution in [1.29, 1.82) is 0 Å². The Balaban J connectivity index is 1.61. The molecule has 1 aliphatic heterocycles. The molecule has 0 saturated carbocycles. The van der Waals surface area contributed by atoms with Crippen molar-refractivity contribution in [3.63, 3.8) is 0 Å². The van der Waals surface area contributed by atoms with Crippen molar-refractivity contribution in [2.75, 3.05) is 36.0 Å². The molecule has 1 N–H and O–H groups in total. The molecule has 7 heteroatoms. The van der Waals surface area contributed by atoms with Crippen LogP contribution in [-0.2, 0) is 0 Å². The number of benzene rings is 1. The predicted molar refractivity (Wildman–Crippen MR) is 102 cm³/mol. The molecule has 1 aliphatic rings. The van der Waals surface area contributed by atoms with Gasteiger partial charge in [0.15, 0.2) is 0 Å². The van der Waals surface area contributed by atoms with Gasteiger partial charge in [-0.2, -0.15) is 0 Å². The molecule has 0 spiro atoms. The van der Waals surface area contributed by atoms with Crippen LogP contribution >= 0.6 is 11.6 Å². The second-order valence-corrected chi connectivity index (χ2v) is 6.60. The van der Waals surface area contributed by atoms with Crippen LogP contribution < -0.4 is 9.80 Å². The number of carboxylic acids is 1. The van der Waals surface area contributed by atoms with Gasteiger partial charge < -0.3 is 14.9 Å². The van der Waals surface area contributed by atoms with Crippen molar-refractivity contribution in [3.8, 4) is 0 Å². The Morgan fingerprint density at radius 3 is 2.50 bits per heavy atom. The van der Waals surface area contributed by atoms with Crippen LogP contribution in [0.2, 0.25) is 5.02 Å². The van der Waals surface area contributed by atoms with E-state index in [2.05, 4.69) is 14.9 Å². The van der Waals surface area contributed by atoms with Crippen LogP contribution in [0.3, 0.4) is 0 Å². The summed E-state index contributed by atoms with van der Waals surface area (Å²) in [5.41, 5.74) is 1.03. The molecule has 132 valence electrons. The van der Waals surface area contributed by atoms with Crippen molar-refractivity contribution in [3.05, 3.63) is 59.2 Å². The lowest BCUT2D eigenvalue weighted by atomic mass is 10.1. The largest absolute Gasteiger partial charge is 0.478 e. The number of fused-ring (bicyclic) bond motifs is 1. The first-order chi connectivity index (χ1) is 12.6. The number of nitrogens with zero attached hydrogens (tertiary/aromatic N) is 4. The number of aromatic nitrogens is 2. The summed E-state index contributed by atoms with van der Waals surface area (Å²) in [6.07, 6.45) is 1.69. The normalized spacial score (nSPS) is 14.7. The van der Waals surface area contributed by atoms with E-state index in [0.717, 1.165) is 29.8 Å². The van der Waals surface area contributed by atoms with Gasteiger partial charge in [-0.3, -0.25) is 0 Å². The fourth-order valence-corrected chi connectivity index (χ4v) is 3.37. The lowest BCUT2D eigenvalue weighted by Gasteiger charge is -2.36. The zero-order valence-electron chi connectivity index (χ0n) is 14.0. The molecule has 6 nitrogen and oxygen atoms in total. The maximum atomic E-state index is 11.7. The van der Waals surface area contributed by atoms with Gasteiger partial charge in [-0.25, -0.2) is 14.8 Å². The lowest BCUT2D eigenvalue weighted by molar-refractivity contribution is 0.0697. The van der Waals surface area contributed by atoms with E-state index in [1.807, 2.05) is 35.2 Å². The maximum absolute atomic E-state index is 11.7. The van der Waals surface area contributed by atoms with E-state index >= 15 is 0 Å². The summed E-state index contributed by atoms with van der Waals surface area (Å²) in [6, 6.07) is 12.9. The maximum Gasteiger partial charge on any atom is 0.339 e. The number of para-hydroxylation sites is 1. The quantitative estimate of drug-likeness (QED) is 0.764. The van der Waals surface area contributed by atoms with Gasteiger partial charge >= 0.3 is 5.97 Å². The van der Waals surface area contributed by atoms with Crippen LogP contribution in [0.1, 0.15) is 10.4 Å². The third-order valence-electron chi connectivity index (χ3n) is 4.55.